The van der Waals surface area contributed by atoms with E-state index in [1.807, 2.05) is 6.92 Å². The van der Waals surface area contributed by atoms with Gasteiger partial charge in [-0.2, -0.15) is 0 Å². The Kier molecular flexibility index (Phi) is 4.03. The molecule has 0 aliphatic carbocycles. The number of aryl methyl sites for hydroxylation is 2. The molecule has 5 nitrogen and oxygen atoms in total. The summed E-state index contributed by atoms with van der Waals surface area (Å²) in [6, 6.07) is 7.50. The molecule has 0 spiro atoms. The quantitative estimate of drug-likeness (QED) is 0.847. The highest BCUT2D eigenvalue weighted by Gasteiger charge is 2.18. The number of carbonyl (C=O) groups excluding carboxylic acids is 1. The second-order valence-electron chi connectivity index (χ2n) is 4.73. The van der Waals surface area contributed by atoms with E-state index in [-0.39, 0.29) is 22.8 Å². The Labute approximate surface area is 122 Å². The molecule has 21 heavy (non-hydrogen) atoms. The molecule has 0 saturated heterocycles. The van der Waals surface area contributed by atoms with Gasteiger partial charge in [0.25, 0.3) is 0 Å². The average Bonchev–Trinajstić information content (AvgIpc) is 2.36. The number of ether oxygens (including phenoxy) is 2. The van der Waals surface area contributed by atoms with Gasteiger partial charge in [-0.1, -0.05) is 0 Å². The Balaban J connectivity index is 2.50. The Morgan fingerprint density at radius 3 is 2.29 bits per heavy atom. The minimum absolute atomic E-state index is 0.0213. The zero-order valence-corrected chi connectivity index (χ0v) is 12.0. The largest absolute Gasteiger partial charge is 0.508 e. The van der Waals surface area contributed by atoms with Crippen LogP contribution in [0.4, 0.5) is 0 Å². The fourth-order valence-corrected chi connectivity index (χ4v) is 2.09. The molecule has 0 radical (unpaired) electrons. The summed E-state index contributed by atoms with van der Waals surface area (Å²) in [6.07, 6.45) is 0. The van der Waals surface area contributed by atoms with E-state index in [0.29, 0.717) is 11.3 Å². The number of esters is 1. The van der Waals surface area contributed by atoms with Gasteiger partial charge in [-0.3, -0.25) is 0 Å². The summed E-state index contributed by atoms with van der Waals surface area (Å²) in [5, 5.41) is 19.3. The summed E-state index contributed by atoms with van der Waals surface area (Å²) >= 11 is 0. The van der Waals surface area contributed by atoms with Crippen LogP contribution < -0.4 is 4.74 Å². The van der Waals surface area contributed by atoms with Crippen LogP contribution in [0.2, 0.25) is 0 Å². The second kappa shape index (κ2) is 5.75. The molecule has 2 aromatic rings. The van der Waals surface area contributed by atoms with Crippen LogP contribution in [0.25, 0.3) is 0 Å². The van der Waals surface area contributed by atoms with Crippen molar-refractivity contribution in [1.29, 1.82) is 0 Å². The van der Waals surface area contributed by atoms with Crippen molar-refractivity contribution in [2.24, 2.45) is 0 Å². The average molecular weight is 288 g/mol. The lowest BCUT2D eigenvalue weighted by Gasteiger charge is -2.13. The molecule has 0 bridgehead atoms. The molecular formula is C16H16O5. The number of hydrogen-bond acceptors (Lipinski definition) is 5. The van der Waals surface area contributed by atoms with E-state index in [2.05, 4.69) is 0 Å². The van der Waals surface area contributed by atoms with Crippen LogP contribution in [0.3, 0.4) is 0 Å². The summed E-state index contributed by atoms with van der Waals surface area (Å²) in [4.78, 5) is 11.9. The number of hydrogen-bond donors (Lipinski definition) is 2. The van der Waals surface area contributed by atoms with Gasteiger partial charge in [0.1, 0.15) is 28.6 Å². The van der Waals surface area contributed by atoms with Gasteiger partial charge in [-0.15, -0.1) is 0 Å². The number of rotatable bonds is 3. The third-order valence-corrected chi connectivity index (χ3v) is 2.94. The number of carbonyl (C=O) groups is 1. The van der Waals surface area contributed by atoms with Crippen molar-refractivity contribution in [3.63, 3.8) is 0 Å². The monoisotopic (exact) mass is 288 g/mol. The summed E-state index contributed by atoms with van der Waals surface area (Å²) in [7, 11) is 1.27. The molecule has 0 saturated carbocycles. The summed E-state index contributed by atoms with van der Waals surface area (Å²) in [6.45, 7) is 3.48. The summed E-state index contributed by atoms with van der Waals surface area (Å²) < 4.78 is 10.4. The van der Waals surface area contributed by atoms with E-state index in [4.69, 9.17) is 9.47 Å². The number of benzene rings is 2. The molecule has 0 unspecified atom stereocenters. The molecule has 5 heteroatoms. The van der Waals surface area contributed by atoms with Crippen molar-refractivity contribution >= 4 is 5.97 Å². The normalized spacial score (nSPS) is 10.2. The van der Waals surface area contributed by atoms with Gasteiger partial charge in [0, 0.05) is 12.1 Å². The van der Waals surface area contributed by atoms with Gasteiger partial charge in [0.15, 0.2) is 0 Å². The molecule has 0 amide bonds. The van der Waals surface area contributed by atoms with Crippen molar-refractivity contribution in [3.8, 4) is 23.0 Å². The lowest BCUT2D eigenvalue weighted by atomic mass is 10.1. The zero-order valence-electron chi connectivity index (χ0n) is 12.0. The number of phenolic OH excluding ortho intramolecular Hbond substituents is 2. The molecule has 0 aliphatic heterocycles. The van der Waals surface area contributed by atoms with E-state index in [0.717, 1.165) is 5.56 Å². The molecule has 110 valence electrons. The fourth-order valence-electron chi connectivity index (χ4n) is 2.09. The van der Waals surface area contributed by atoms with E-state index < -0.39 is 5.97 Å². The molecule has 2 N–H and O–H groups in total. The first-order chi connectivity index (χ1) is 9.90. The van der Waals surface area contributed by atoms with Crippen LogP contribution in [0.1, 0.15) is 21.5 Å². The molecule has 0 aliphatic rings. The van der Waals surface area contributed by atoms with Crippen molar-refractivity contribution in [2.45, 2.75) is 13.8 Å². The van der Waals surface area contributed by atoms with Crippen LogP contribution in [0, 0.1) is 13.8 Å². The predicted octanol–water partition coefficient (Wildman–Crippen LogP) is 3.29. The van der Waals surface area contributed by atoms with Crippen LogP contribution in [-0.2, 0) is 4.74 Å². The maximum atomic E-state index is 11.9. The van der Waals surface area contributed by atoms with Crippen molar-refractivity contribution in [3.05, 3.63) is 47.0 Å². The maximum Gasteiger partial charge on any atom is 0.341 e. The molecular weight excluding hydrogens is 272 g/mol. The molecule has 0 atom stereocenters. The van der Waals surface area contributed by atoms with Gasteiger partial charge in [-0.25, -0.2) is 4.79 Å². The highest BCUT2D eigenvalue weighted by molar-refractivity contribution is 5.94. The highest BCUT2D eigenvalue weighted by atomic mass is 16.5. The minimum atomic E-state index is -0.556. The third-order valence-electron chi connectivity index (χ3n) is 2.94. The third kappa shape index (κ3) is 3.25. The first-order valence-corrected chi connectivity index (χ1v) is 6.31. The van der Waals surface area contributed by atoms with Gasteiger partial charge in [-0.05, 0) is 43.2 Å². The number of aromatic hydroxyl groups is 2. The Morgan fingerprint density at radius 1 is 1.00 bits per heavy atom. The summed E-state index contributed by atoms with van der Waals surface area (Å²) in [5.74, 6) is 0.0138. The summed E-state index contributed by atoms with van der Waals surface area (Å²) in [5.41, 5.74) is 1.58. The van der Waals surface area contributed by atoms with Gasteiger partial charge in [0.05, 0.1) is 7.11 Å². The fraction of sp³-hybridized carbons (Fsp3) is 0.188. The van der Waals surface area contributed by atoms with Gasteiger partial charge in [0.2, 0.25) is 0 Å². The Hall–Kier alpha value is -2.69. The molecule has 0 heterocycles. The predicted molar refractivity (Wildman–Crippen MR) is 77.1 cm³/mol. The van der Waals surface area contributed by atoms with E-state index >= 15 is 0 Å². The topological polar surface area (TPSA) is 76.0 Å². The first kappa shape index (κ1) is 14.7. The van der Waals surface area contributed by atoms with Crippen LogP contribution >= 0.6 is 0 Å². The smallest absolute Gasteiger partial charge is 0.341 e. The molecule has 0 fully saturated rings. The Bertz CT molecular complexity index is 671. The molecule has 2 aromatic carbocycles. The lowest BCUT2D eigenvalue weighted by Crippen LogP contribution is -2.06. The van der Waals surface area contributed by atoms with Gasteiger partial charge < -0.3 is 19.7 Å². The standard InChI is InChI=1S/C16H16O5/c1-9-4-11(17)7-13(5-9)21-14-8-12(18)6-10(2)15(14)16(19)20-3/h4-8,17-18H,1-3H3. The van der Waals surface area contributed by atoms with Gasteiger partial charge >= 0.3 is 5.97 Å². The van der Waals surface area contributed by atoms with E-state index in [1.165, 1.54) is 25.3 Å². The van der Waals surface area contributed by atoms with Crippen LogP contribution in [-0.4, -0.2) is 23.3 Å². The van der Waals surface area contributed by atoms with Crippen molar-refractivity contribution in [2.75, 3.05) is 7.11 Å². The number of methoxy groups -OCH3 is 1. The zero-order chi connectivity index (χ0) is 15.6. The van der Waals surface area contributed by atoms with Crippen LogP contribution in [0.5, 0.6) is 23.0 Å². The SMILES string of the molecule is COC(=O)c1c(C)cc(O)cc1Oc1cc(C)cc(O)c1. The van der Waals surface area contributed by atoms with E-state index in [1.54, 1.807) is 19.1 Å². The minimum Gasteiger partial charge on any atom is -0.508 e. The molecule has 2 rings (SSSR count). The molecule has 0 aromatic heterocycles. The first-order valence-electron chi connectivity index (χ1n) is 6.31. The maximum absolute atomic E-state index is 11.9. The van der Waals surface area contributed by atoms with E-state index in [9.17, 15) is 15.0 Å². The lowest BCUT2D eigenvalue weighted by molar-refractivity contribution is 0.0597. The Morgan fingerprint density at radius 2 is 1.67 bits per heavy atom. The number of phenols is 2. The van der Waals surface area contributed by atoms with Crippen LogP contribution in [0.15, 0.2) is 30.3 Å². The van der Waals surface area contributed by atoms with Crippen molar-refractivity contribution in [1.82, 2.24) is 0 Å². The second-order valence-corrected chi connectivity index (χ2v) is 4.73. The van der Waals surface area contributed by atoms with Crippen molar-refractivity contribution < 1.29 is 24.5 Å². The highest BCUT2D eigenvalue weighted by Crippen LogP contribution is 2.33.